The van der Waals surface area contributed by atoms with E-state index in [1.807, 2.05) is 38.1 Å². The Bertz CT molecular complexity index is 432. The molecule has 1 aromatic carbocycles. The van der Waals surface area contributed by atoms with Crippen molar-refractivity contribution in [3.63, 3.8) is 0 Å². The molecule has 0 aliphatic carbocycles. The van der Waals surface area contributed by atoms with Crippen LogP contribution in [-0.2, 0) is 11.3 Å². The van der Waals surface area contributed by atoms with Crippen molar-refractivity contribution in [3.05, 3.63) is 29.8 Å². The van der Waals surface area contributed by atoms with Crippen LogP contribution in [0.4, 0.5) is 0 Å². The molecule has 1 amide bonds. The highest BCUT2D eigenvalue weighted by Crippen LogP contribution is 2.22. The largest absolute Gasteiger partial charge is 0.491 e. The van der Waals surface area contributed by atoms with Crippen molar-refractivity contribution in [1.29, 1.82) is 0 Å². The lowest BCUT2D eigenvalue weighted by Gasteiger charge is -2.25. The maximum atomic E-state index is 12.2. The van der Waals surface area contributed by atoms with E-state index in [0.717, 1.165) is 11.3 Å². The Morgan fingerprint density at radius 3 is 2.83 bits per heavy atom. The van der Waals surface area contributed by atoms with Gasteiger partial charge in [-0.1, -0.05) is 32.0 Å². The van der Waals surface area contributed by atoms with E-state index in [1.54, 1.807) is 4.90 Å². The fourth-order valence-electron chi connectivity index (χ4n) is 2.01. The number of ether oxygens (including phenoxy) is 1. The predicted octanol–water partition coefficient (Wildman–Crippen LogP) is 1.39. The van der Waals surface area contributed by atoms with Gasteiger partial charge >= 0.3 is 0 Å². The van der Waals surface area contributed by atoms with Crippen LogP contribution in [0.1, 0.15) is 19.4 Å². The molecule has 0 radical (unpaired) electrons. The van der Waals surface area contributed by atoms with Gasteiger partial charge in [0.1, 0.15) is 12.4 Å². The second kappa shape index (κ2) is 5.40. The molecule has 0 aromatic heterocycles. The number of fused-ring (bicyclic) bond motifs is 1. The van der Waals surface area contributed by atoms with Gasteiger partial charge in [0, 0.05) is 12.1 Å². The molecule has 2 rings (SSSR count). The first kappa shape index (κ1) is 12.9. The van der Waals surface area contributed by atoms with E-state index in [1.165, 1.54) is 0 Å². The van der Waals surface area contributed by atoms with Crippen LogP contribution >= 0.6 is 0 Å². The van der Waals surface area contributed by atoms with Crippen LogP contribution in [0.2, 0.25) is 0 Å². The maximum absolute atomic E-state index is 12.2. The first-order chi connectivity index (χ1) is 8.59. The Morgan fingerprint density at radius 1 is 1.39 bits per heavy atom. The molecule has 1 atom stereocenters. The van der Waals surface area contributed by atoms with E-state index < -0.39 is 6.04 Å². The molecule has 0 unspecified atom stereocenters. The zero-order valence-electron chi connectivity index (χ0n) is 10.9. The van der Waals surface area contributed by atoms with E-state index in [0.29, 0.717) is 19.7 Å². The lowest BCUT2D eigenvalue weighted by Crippen LogP contribution is -2.46. The Hall–Kier alpha value is -1.55. The monoisotopic (exact) mass is 248 g/mol. The van der Waals surface area contributed by atoms with Crippen LogP contribution in [0.15, 0.2) is 24.3 Å². The number of hydrogen-bond acceptors (Lipinski definition) is 3. The molecule has 18 heavy (non-hydrogen) atoms. The summed E-state index contributed by atoms with van der Waals surface area (Å²) in [6.45, 7) is 5.62. The van der Waals surface area contributed by atoms with E-state index in [-0.39, 0.29) is 11.8 Å². The number of carbonyl (C=O) groups is 1. The lowest BCUT2D eigenvalue weighted by molar-refractivity contribution is -0.134. The molecule has 0 fully saturated rings. The van der Waals surface area contributed by atoms with Gasteiger partial charge in [-0.15, -0.1) is 0 Å². The number of amides is 1. The van der Waals surface area contributed by atoms with Crippen LogP contribution in [0, 0.1) is 5.92 Å². The van der Waals surface area contributed by atoms with Crippen LogP contribution in [0.5, 0.6) is 5.75 Å². The zero-order valence-corrected chi connectivity index (χ0v) is 10.9. The molecule has 1 aliphatic heterocycles. The Balaban J connectivity index is 2.15. The summed E-state index contributed by atoms with van der Waals surface area (Å²) in [6, 6.07) is 7.39. The Morgan fingerprint density at radius 2 is 2.11 bits per heavy atom. The summed E-state index contributed by atoms with van der Waals surface area (Å²) in [5.41, 5.74) is 6.97. The number of carbonyl (C=O) groups excluding carboxylic acids is 1. The molecule has 0 bridgehead atoms. The fraction of sp³-hybridized carbons (Fsp3) is 0.500. The lowest BCUT2D eigenvalue weighted by atomic mass is 10.0. The van der Waals surface area contributed by atoms with Gasteiger partial charge in [-0.25, -0.2) is 0 Å². The summed E-state index contributed by atoms with van der Waals surface area (Å²) in [5.74, 6) is 1.02. The van der Waals surface area contributed by atoms with Gasteiger partial charge in [-0.05, 0) is 12.0 Å². The van der Waals surface area contributed by atoms with Crippen molar-refractivity contribution in [2.45, 2.75) is 26.4 Å². The number of hydrogen-bond donors (Lipinski definition) is 1. The van der Waals surface area contributed by atoms with Crippen LogP contribution in [0.25, 0.3) is 0 Å². The van der Waals surface area contributed by atoms with Crippen molar-refractivity contribution < 1.29 is 9.53 Å². The minimum absolute atomic E-state index is 0.00491. The molecule has 1 aliphatic rings. The molecule has 1 heterocycles. The summed E-state index contributed by atoms with van der Waals surface area (Å²) in [7, 11) is 0. The van der Waals surface area contributed by atoms with E-state index in [9.17, 15) is 4.79 Å². The normalized spacial score (nSPS) is 16.8. The third-order valence-electron chi connectivity index (χ3n) is 3.27. The standard InChI is InChI=1S/C14H20N2O2/c1-10(2)13(15)14(17)16-7-8-18-12-6-4-3-5-11(12)9-16/h3-6,10,13H,7-9,15H2,1-2H3/t13-/m1/s1. The van der Waals surface area contributed by atoms with Crippen molar-refractivity contribution in [2.24, 2.45) is 11.7 Å². The van der Waals surface area contributed by atoms with Crippen molar-refractivity contribution >= 4 is 5.91 Å². The summed E-state index contributed by atoms with van der Waals surface area (Å²) >= 11 is 0. The number of nitrogens with two attached hydrogens (primary N) is 1. The third-order valence-corrected chi connectivity index (χ3v) is 3.27. The minimum atomic E-state index is -0.435. The average Bonchev–Trinajstić information content (AvgIpc) is 2.58. The second-order valence-electron chi connectivity index (χ2n) is 4.99. The number of para-hydroxylation sites is 1. The summed E-state index contributed by atoms with van der Waals surface area (Å²) in [4.78, 5) is 14.0. The van der Waals surface area contributed by atoms with Crippen LogP contribution < -0.4 is 10.5 Å². The predicted molar refractivity (Wildman–Crippen MR) is 70.2 cm³/mol. The quantitative estimate of drug-likeness (QED) is 0.860. The summed E-state index contributed by atoms with van der Waals surface area (Å²) < 4.78 is 5.63. The van der Waals surface area contributed by atoms with Gasteiger partial charge in [-0.2, -0.15) is 0 Å². The molecule has 0 spiro atoms. The molecule has 4 heteroatoms. The number of rotatable bonds is 2. The SMILES string of the molecule is CC(C)[C@@H](N)C(=O)N1CCOc2ccccc2C1. The molecule has 98 valence electrons. The van der Waals surface area contributed by atoms with E-state index in [2.05, 4.69) is 0 Å². The first-order valence-electron chi connectivity index (χ1n) is 6.34. The van der Waals surface area contributed by atoms with Crippen LogP contribution in [-0.4, -0.2) is 30.0 Å². The first-order valence-corrected chi connectivity index (χ1v) is 6.34. The van der Waals surface area contributed by atoms with Gasteiger partial charge in [-0.3, -0.25) is 4.79 Å². The smallest absolute Gasteiger partial charge is 0.240 e. The summed E-state index contributed by atoms with van der Waals surface area (Å²) in [5, 5.41) is 0. The highest BCUT2D eigenvalue weighted by molar-refractivity contribution is 5.82. The van der Waals surface area contributed by atoms with Crippen LogP contribution in [0.3, 0.4) is 0 Å². The van der Waals surface area contributed by atoms with Gasteiger partial charge in [0.2, 0.25) is 5.91 Å². The van der Waals surface area contributed by atoms with Crippen molar-refractivity contribution in [3.8, 4) is 5.75 Å². The Labute approximate surface area is 108 Å². The molecule has 0 saturated carbocycles. The van der Waals surface area contributed by atoms with E-state index >= 15 is 0 Å². The second-order valence-corrected chi connectivity index (χ2v) is 4.99. The molecule has 0 saturated heterocycles. The topological polar surface area (TPSA) is 55.6 Å². The zero-order chi connectivity index (χ0) is 13.1. The number of benzene rings is 1. The van der Waals surface area contributed by atoms with Gasteiger partial charge < -0.3 is 15.4 Å². The molecule has 2 N–H and O–H groups in total. The average molecular weight is 248 g/mol. The maximum Gasteiger partial charge on any atom is 0.240 e. The molecule has 1 aromatic rings. The van der Waals surface area contributed by atoms with Crippen molar-refractivity contribution in [1.82, 2.24) is 4.90 Å². The molecule has 4 nitrogen and oxygen atoms in total. The Kier molecular flexibility index (Phi) is 3.87. The van der Waals surface area contributed by atoms with Gasteiger partial charge in [0.05, 0.1) is 12.6 Å². The highest BCUT2D eigenvalue weighted by Gasteiger charge is 2.25. The molecular formula is C14H20N2O2. The third kappa shape index (κ3) is 2.64. The van der Waals surface area contributed by atoms with E-state index in [4.69, 9.17) is 10.5 Å². The van der Waals surface area contributed by atoms with Gasteiger partial charge in [0.25, 0.3) is 0 Å². The van der Waals surface area contributed by atoms with Crippen molar-refractivity contribution in [2.75, 3.05) is 13.2 Å². The minimum Gasteiger partial charge on any atom is -0.491 e. The fourth-order valence-corrected chi connectivity index (χ4v) is 2.01. The highest BCUT2D eigenvalue weighted by atomic mass is 16.5. The summed E-state index contributed by atoms with van der Waals surface area (Å²) in [6.07, 6.45) is 0. The van der Waals surface area contributed by atoms with Gasteiger partial charge in [0.15, 0.2) is 0 Å². The molecular weight excluding hydrogens is 228 g/mol. The number of nitrogens with zero attached hydrogens (tertiary/aromatic N) is 1.